The third-order valence-corrected chi connectivity index (χ3v) is 5.99. The molecule has 3 atom stereocenters. The molecular weight excluding hydrogens is 424 g/mol. The summed E-state index contributed by atoms with van der Waals surface area (Å²) in [7, 11) is 0. The van der Waals surface area contributed by atoms with Gasteiger partial charge in [0.1, 0.15) is 6.04 Å². The first kappa shape index (κ1) is 26.8. The molecule has 9 nitrogen and oxygen atoms in total. The Kier molecular flexibility index (Phi) is 10.3. The molecule has 1 aromatic carbocycles. The second-order valence-corrected chi connectivity index (χ2v) is 9.57. The smallest absolute Gasteiger partial charge is 0.243 e. The highest BCUT2D eigenvalue weighted by Crippen LogP contribution is 2.22. The largest absolute Gasteiger partial charge is 0.379 e. The zero-order chi connectivity index (χ0) is 24.4. The van der Waals surface area contributed by atoms with Gasteiger partial charge in [0.15, 0.2) is 0 Å². The van der Waals surface area contributed by atoms with E-state index in [9.17, 15) is 19.6 Å². The number of carbonyl (C=O) groups excluding carboxylic acids is 3. The quantitative estimate of drug-likeness (QED) is 0.258. The van der Waals surface area contributed by atoms with Gasteiger partial charge in [-0.1, -0.05) is 51.1 Å². The lowest BCUT2D eigenvalue weighted by molar-refractivity contribution is -0.166. The Balaban J connectivity index is 2.08. The average molecular weight is 463 g/mol. The maximum atomic E-state index is 13.3. The molecule has 184 valence electrons. The molecule has 1 unspecified atom stereocenters. The van der Waals surface area contributed by atoms with E-state index in [0.29, 0.717) is 37.8 Å². The van der Waals surface area contributed by atoms with Crippen molar-refractivity contribution in [2.24, 2.45) is 11.3 Å². The van der Waals surface area contributed by atoms with Crippen LogP contribution in [0.1, 0.15) is 33.3 Å². The lowest BCUT2D eigenvalue weighted by Gasteiger charge is -2.34. The van der Waals surface area contributed by atoms with Crippen molar-refractivity contribution in [3.05, 3.63) is 35.9 Å². The van der Waals surface area contributed by atoms with Gasteiger partial charge in [0.25, 0.3) is 0 Å². The van der Waals surface area contributed by atoms with E-state index in [1.807, 2.05) is 51.1 Å². The summed E-state index contributed by atoms with van der Waals surface area (Å²) >= 11 is 0. The van der Waals surface area contributed by atoms with Crippen LogP contribution in [0.4, 0.5) is 0 Å². The average Bonchev–Trinajstić information content (AvgIpc) is 2.80. The molecule has 1 saturated heterocycles. The van der Waals surface area contributed by atoms with Crippen molar-refractivity contribution in [2.45, 2.75) is 46.2 Å². The molecule has 3 amide bonds. The first-order chi connectivity index (χ1) is 15.6. The minimum atomic E-state index is -0.775. The zero-order valence-corrected chi connectivity index (χ0v) is 20.1. The van der Waals surface area contributed by atoms with Crippen LogP contribution in [0.25, 0.3) is 0 Å². The number of amides is 3. The molecular formula is C24H38N4O5. The third kappa shape index (κ3) is 8.42. The van der Waals surface area contributed by atoms with E-state index in [1.54, 1.807) is 6.92 Å². The number of ether oxygens (including phenoxy) is 1. The van der Waals surface area contributed by atoms with Crippen molar-refractivity contribution >= 4 is 18.2 Å². The molecule has 0 radical (unpaired) electrons. The summed E-state index contributed by atoms with van der Waals surface area (Å²) in [6, 6.07) is 7.83. The molecule has 0 spiro atoms. The molecule has 1 aromatic rings. The fraction of sp³-hybridized carbons (Fsp3) is 0.625. The van der Waals surface area contributed by atoms with Gasteiger partial charge < -0.3 is 15.4 Å². The normalized spacial score (nSPS) is 17.5. The Morgan fingerprint density at radius 2 is 1.82 bits per heavy atom. The molecule has 3 N–H and O–H groups in total. The van der Waals surface area contributed by atoms with Gasteiger partial charge in [-0.25, -0.2) is 5.06 Å². The van der Waals surface area contributed by atoms with Crippen molar-refractivity contribution in [3.8, 4) is 0 Å². The van der Waals surface area contributed by atoms with Crippen LogP contribution in [0.2, 0.25) is 0 Å². The number of hydrogen-bond acceptors (Lipinski definition) is 6. The van der Waals surface area contributed by atoms with Gasteiger partial charge in [-0.15, -0.1) is 0 Å². The van der Waals surface area contributed by atoms with Gasteiger partial charge >= 0.3 is 0 Å². The summed E-state index contributed by atoms with van der Waals surface area (Å²) in [4.78, 5) is 39.7. The number of benzene rings is 1. The number of nitrogens with one attached hydrogen (secondary N) is 2. The van der Waals surface area contributed by atoms with Crippen LogP contribution in [0.15, 0.2) is 30.3 Å². The molecule has 2 rings (SSSR count). The molecule has 1 aliphatic heterocycles. The van der Waals surface area contributed by atoms with Gasteiger partial charge in [-0.3, -0.25) is 24.5 Å². The molecule has 1 heterocycles. The van der Waals surface area contributed by atoms with Crippen LogP contribution in [0, 0.1) is 11.3 Å². The monoisotopic (exact) mass is 462 g/mol. The second kappa shape index (κ2) is 12.7. The highest BCUT2D eigenvalue weighted by atomic mass is 16.5. The van der Waals surface area contributed by atoms with Gasteiger partial charge in [-0.2, -0.15) is 0 Å². The van der Waals surface area contributed by atoms with Crippen molar-refractivity contribution in [3.63, 3.8) is 0 Å². The SMILES string of the molecule is C[C@@H]([C@@H](Cc1ccccc1)C(=O)NC(C(=O)NCCN1CCOCC1)C(C)(C)C)N(O)C=O. The summed E-state index contributed by atoms with van der Waals surface area (Å²) in [5, 5.41) is 16.3. The second-order valence-electron chi connectivity index (χ2n) is 9.57. The predicted octanol–water partition coefficient (Wildman–Crippen LogP) is 1.06. The van der Waals surface area contributed by atoms with Gasteiger partial charge in [-0.05, 0) is 24.3 Å². The van der Waals surface area contributed by atoms with Crippen LogP contribution in [0.3, 0.4) is 0 Å². The molecule has 0 saturated carbocycles. The number of nitrogens with zero attached hydrogens (tertiary/aromatic N) is 2. The highest BCUT2D eigenvalue weighted by molar-refractivity contribution is 5.89. The minimum Gasteiger partial charge on any atom is -0.379 e. The van der Waals surface area contributed by atoms with E-state index in [1.165, 1.54) is 0 Å². The highest BCUT2D eigenvalue weighted by Gasteiger charge is 2.37. The van der Waals surface area contributed by atoms with E-state index in [0.717, 1.165) is 18.7 Å². The fourth-order valence-electron chi connectivity index (χ4n) is 3.82. The van der Waals surface area contributed by atoms with E-state index in [4.69, 9.17) is 4.74 Å². The van der Waals surface area contributed by atoms with E-state index < -0.39 is 29.3 Å². The fourth-order valence-corrected chi connectivity index (χ4v) is 3.82. The lowest BCUT2D eigenvalue weighted by atomic mass is 9.84. The first-order valence-electron chi connectivity index (χ1n) is 11.5. The van der Waals surface area contributed by atoms with Gasteiger partial charge in [0, 0.05) is 26.2 Å². The van der Waals surface area contributed by atoms with Crippen LogP contribution >= 0.6 is 0 Å². The van der Waals surface area contributed by atoms with E-state index in [-0.39, 0.29) is 12.3 Å². The molecule has 33 heavy (non-hydrogen) atoms. The van der Waals surface area contributed by atoms with Crippen molar-refractivity contribution in [1.82, 2.24) is 20.6 Å². The molecule has 0 aliphatic carbocycles. The van der Waals surface area contributed by atoms with Crippen molar-refractivity contribution < 1.29 is 24.3 Å². The van der Waals surface area contributed by atoms with Gasteiger partial charge in [0.05, 0.1) is 25.2 Å². The maximum absolute atomic E-state index is 13.3. The zero-order valence-electron chi connectivity index (χ0n) is 20.1. The summed E-state index contributed by atoms with van der Waals surface area (Å²) in [6.07, 6.45) is 0.601. The van der Waals surface area contributed by atoms with Gasteiger partial charge in [0.2, 0.25) is 18.2 Å². The van der Waals surface area contributed by atoms with Crippen molar-refractivity contribution in [2.75, 3.05) is 39.4 Å². The summed E-state index contributed by atoms with van der Waals surface area (Å²) in [6.45, 7) is 11.5. The summed E-state index contributed by atoms with van der Waals surface area (Å²) in [5.74, 6) is -1.39. The first-order valence-corrected chi connectivity index (χ1v) is 11.5. The van der Waals surface area contributed by atoms with Crippen LogP contribution in [-0.4, -0.2) is 84.9 Å². The number of carbonyl (C=O) groups is 3. The standard InChI is InChI=1S/C24H38N4O5/c1-18(28(32)17-29)20(16-19-8-6-5-7-9-19)22(30)26-21(24(2,3)4)23(31)25-10-11-27-12-14-33-15-13-27/h5-9,17-18,20-21,32H,10-16H2,1-4H3,(H,25,31)(H,26,30)/t18-,20+,21?/m0/s1. The summed E-state index contributed by atoms with van der Waals surface area (Å²) in [5.41, 5.74) is 0.356. The number of rotatable bonds is 11. The molecule has 9 heteroatoms. The predicted molar refractivity (Wildman–Crippen MR) is 124 cm³/mol. The third-order valence-electron chi connectivity index (χ3n) is 5.99. The van der Waals surface area contributed by atoms with Crippen LogP contribution in [-0.2, 0) is 25.5 Å². The van der Waals surface area contributed by atoms with E-state index in [2.05, 4.69) is 15.5 Å². The van der Waals surface area contributed by atoms with Crippen LogP contribution < -0.4 is 10.6 Å². The van der Waals surface area contributed by atoms with E-state index >= 15 is 0 Å². The molecule has 1 aliphatic rings. The van der Waals surface area contributed by atoms with Crippen molar-refractivity contribution in [1.29, 1.82) is 0 Å². The topological polar surface area (TPSA) is 111 Å². The molecule has 1 fully saturated rings. The van der Waals surface area contributed by atoms with Crippen LogP contribution in [0.5, 0.6) is 0 Å². The lowest BCUT2D eigenvalue weighted by Crippen LogP contribution is -2.57. The molecule has 0 aromatic heterocycles. The Labute approximate surface area is 196 Å². The molecule has 0 bridgehead atoms. The Hall–Kier alpha value is -2.49. The number of morpholine rings is 1. The number of hydrogen-bond donors (Lipinski definition) is 3. The summed E-state index contributed by atoms with van der Waals surface area (Å²) < 4.78 is 5.34. The number of hydroxylamine groups is 2. The minimum absolute atomic E-state index is 0.258. The Morgan fingerprint density at radius 3 is 2.39 bits per heavy atom. The Morgan fingerprint density at radius 1 is 1.18 bits per heavy atom. The Bertz CT molecular complexity index is 762. The maximum Gasteiger partial charge on any atom is 0.243 e.